The van der Waals surface area contributed by atoms with E-state index in [9.17, 15) is 4.79 Å². The van der Waals surface area contributed by atoms with E-state index in [2.05, 4.69) is 5.32 Å². The second kappa shape index (κ2) is 6.37. The van der Waals surface area contributed by atoms with Gasteiger partial charge < -0.3 is 10.1 Å². The number of rotatable bonds is 3. The van der Waals surface area contributed by atoms with Gasteiger partial charge in [-0.25, -0.2) is 0 Å². The predicted octanol–water partition coefficient (Wildman–Crippen LogP) is 3.45. The Morgan fingerprint density at radius 2 is 1.90 bits per heavy atom. The smallest absolute Gasteiger partial charge is 0.230 e. The maximum Gasteiger partial charge on any atom is 0.230 e. The Morgan fingerprint density at radius 3 is 2.52 bits per heavy atom. The molecule has 1 saturated carbocycles. The highest BCUT2D eigenvalue weighted by molar-refractivity contribution is 6.30. The average molecular weight is 308 g/mol. The fourth-order valence-electron chi connectivity index (χ4n) is 3.54. The van der Waals surface area contributed by atoms with Crippen molar-refractivity contribution in [3.05, 3.63) is 34.9 Å². The van der Waals surface area contributed by atoms with Gasteiger partial charge in [-0.1, -0.05) is 43.0 Å². The molecule has 21 heavy (non-hydrogen) atoms. The average Bonchev–Trinajstić information content (AvgIpc) is 3.01. The lowest BCUT2D eigenvalue weighted by atomic mass is 9.68. The first-order chi connectivity index (χ1) is 10.2. The number of nitrogens with one attached hydrogen (secondary N) is 1. The zero-order valence-electron chi connectivity index (χ0n) is 12.2. The first-order valence-electron chi connectivity index (χ1n) is 7.85. The number of benzene rings is 1. The lowest BCUT2D eigenvalue weighted by Crippen LogP contribution is -2.49. The zero-order valence-corrected chi connectivity index (χ0v) is 13.0. The molecule has 0 spiro atoms. The first-order valence-corrected chi connectivity index (χ1v) is 8.23. The fourth-order valence-corrected chi connectivity index (χ4v) is 3.67. The number of amides is 1. The largest absolute Gasteiger partial charge is 0.379 e. The van der Waals surface area contributed by atoms with Crippen LogP contribution in [0.3, 0.4) is 0 Å². The van der Waals surface area contributed by atoms with Crippen LogP contribution < -0.4 is 5.32 Å². The van der Waals surface area contributed by atoms with Gasteiger partial charge in [-0.15, -0.1) is 0 Å². The van der Waals surface area contributed by atoms with Gasteiger partial charge in [0.2, 0.25) is 5.91 Å². The molecule has 1 amide bonds. The Hall–Kier alpha value is -1.06. The number of carbonyl (C=O) groups excluding carboxylic acids is 1. The van der Waals surface area contributed by atoms with Crippen LogP contribution in [0.1, 0.15) is 44.1 Å². The third-order valence-electron chi connectivity index (χ3n) is 4.80. The van der Waals surface area contributed by atoms with Gasteiger partial charge in [0.15, 0.2) is 0 Å². The number of hydrogen-bond donors (Lipinski definition) is 1. The number of halogens is 1. The Morgan fingerprint density at radius 1 is 1.19 bits per heavy atom. The lowest BCUT2D eigenvalue weighted by molar-refractivity contribution is -0.128. The standard InChI is InChI=1S/C17H22ClNO2/c18-14-6-4-13(5-7-14)17(9-2-1-3-10-17)16(20)19-15-8-11-21-12-15/h4-7,15H,1-3,8-12H2,(H,19,20). The zero-order chi connectivity index (χ0) is 14.7. The van der Waals surface area contributed by atoms with Crippen LogP contribution in [0.15, 0.2) is 24.3 Å². The molecule has 1 aromatic rings. The number of ether oxygens (including phenoxy) is 1. The van der Waals surface area contributed by atoms with E-state index in [-0.39, 0.29) is 17.4 Å². The molecule has 2 fully saturated rings. The van der Waals surface area contributed by atoms with Crippen LogP contribution in [0.25, 0.3) is 0 Å². The molecule has 114 valence electrons. The van der Waals surface area contributed by atoms with Crippen molar-refractivity contribution in [2.75, 3.05) is 13.2 Å². The normalized spacial score (nSPS) is 24.7. The Bertz CT molecular complexity index is 488. The summed E-state index contributed by atoms with van der Waals surface area (Å²) < 4.78 is 5.37. The highest BCUT2D eigenvalue weighted by atomic mass is 35.5. The summed E-state index contributed by atoms with van der Waals surface area (Å²) >= 11 is 6.00. The van der Waals surface area contributed by atoms with E-state index in [0.717, 1.165) is 44.3 Å². The van der Waals surface area contributed by atoms with Crippen molar-refractivity contribution < 1.29 is 9.53 Å². The quantitative estimate of drug-likeness (QED) is 0.929. The van der Waals surface area contributed by atoms with Gasteiger partial charge in [0, 0.05) is 11.6 Å². The molecule has 1 aliphatic carbocycles. The summed E-state index contributed by atoms with van der Waals surface area (Å²) in [4.78, 5) is 13.0. The van der Waals surface area contributed by atoms with Crippen LogP contribution in [0.5, 0.6) is 0 Å². The molecule has 1 heterocycles. The van der Waals surface area contributed by atoms with Crippen molar-refractivity contribution in [3.63, 3.8) is 0 Å². The van der Waals surface area contributed by atoms with E-state index in [1.165, 1.54) is 6.42 Å². The van der Waals surface area contributed by atoms with E-state index in [1.807, 2.05) is 24.3 Å². The summed E-state index contributed by atoms with van der Waals surface area (Å²) in [6, 6.07) is 7.97. The Labute approximate surface area is 131 Å². The summed E-state index contributed by atoms with van der Waals surface area (Å²) in [7, 11) is 0. The summed E-state index contributed by atoms with van der Waals surface area (Å²) in [6.45, 7) is 1.39. The maximum atomic E-state index is 13.0. The van der Waals surface area contributed by atoms with Crippen LogP contribution in [0, 0.1) is 0 Å². The molecule has 1 atom stereocenters. The Kier molecular flexibility index (Phi) is 4.51. The molecule has 0 aromatic heterocycles. The van der Waals surface area contributed by atoms with Crippen molar-refractivity contribution in [3.8, 4) is 0 Å². The van der Waals surface area contributed by atoms with Crippen molar-refractivity contribution in [1.29, 1.82) is 0 Å². The van der Waals surface area contributed by atoms with Gasteiger partial charge in [-0.05, 0) is 37.0 Å². The molecule has 1 N–H and O–H groups in total. The molecular weight excluding hydrogens is 286 g/mol. The van der Waals surface area contributed by atoms with Crippen molar-refractivity contribution in [1.82, 2.24) is 5.32 Å². The van der Waals surface area contributed by atoms with E-state index in [0.29, 0.717) is 11.6 Å². The van der Waals surface area contributed by atoms with E-state index < -0.39 is 0 Å². The minimum absolute atomic E-state index is 0.167. The molecule has 1 saturated heterocycles. The minimum Gasteiger partial charge on any atom is -0.379 e. The van der Waals surface area contributed by atoms with E-state index in [4.69, 9.17) is 16.3 Å². The molecule has 0 radical (unpaired) electrons. The highest BCUT2D eigenvalue weighted by Crippen LogP contribution is 2.40. The third kappa shape index (κ3) is 3.09. The second-order valence-corrected chi connectivity index (χ2v) is 6.62. The monoisotopic (exact) mass is 307 g/mol. The number of hydrogen-bond acceptors (Lipinski definition) is 2. The van der Waals surface area contributed by atoms with Crippen molar-refractivity contribution >= 4 is 17.5 Å². The fraction of sp³-hybridized carbons (Fsp3) is 0.588. The molecule has 3 rings (SSSR count). The summed E-state index contributed by atoms with van der Waals surface area (Å²) in [6.07, 6.45) is 6.20. The van der Waals surface area contributed by atoms with Gasteiger partial charge in [0.25, 0.3) is 0 Å². The maximum absolute atomic E-state index is 13.0. The van der Waals surface area contributed by atoms with Gasteiger partial charge in [0.1, 0.15) is 0 Å². The van der Waals surface area contributed by atoms with E-state index in [1.54, 1.807) is 0 Å². The van der Waals surface area contributed by atoms with Crippen LogP contribution in [-0.2, 0) is 14.9 Å². The molecule has 1 unspecified atom stereocenters. The molecule has 0 bridgehead atoms. The van der Waals surface area contributed by atoms with Crippen molar-refractivity contribution in [2.24, 2.45) is 0 Å². The topological polar surface area (TPSA) is 38.3 Å². The first kappa shape index (κ1) is 14.9. The second-order valence-electron chi connectivity index (χ2n) is 6.18. The third-order valence-corrected chi connectivity index (χ3v) is 5.06. The SMILES string of the molecule is O=C(NC1CCOC1)C1(c2ccc(Cl)cc2)CCCCC1. The molecule has 4 heteroatoms. The number of carbonyl (C=O) groups is 1. The van der Waals surface area contributed by atoms with Crippen LogP contribution in [-0.4, -0.2) is 25.2 Å². The van der Waals surface area contributed by atoms with Crippen LogP contribution >= 0.6 is 11.6 Å². The molecular formula is C17H22ClNO2. The van der Waals surface area contributed by atoms with Gasteiger partial charge >= 0.3 is 0 Å². The highest BCUT2D eigenvalue weighted by Gasteiger charge is 2.41. The molecule has 1 aliphatic heterocycles. The van der Waals surface area contributed by atoms with E-state index >= 15 is 0 Å². The predicted molar refractivity (Wildman–Crippen MR) is 83.6 cm³/mol. The Balaban J connectivity index is 1.84. The molecule has 3 nitrogen and oxygen atoms in total. The van der Waals surface area contributed by atoms with Gasteiger partial charge in [-0.3, -0.25) is 4.79 Å². The van der Waals surface area contributed by atoms with Crippen molar-refractivity contribution in [2.45, 2.75) is 50.0 Å². The summed E-state index contributed by atoms with van der Waals surface area (Å²) in [5, 5.41) is 3.92. The van der Waals surface area contributed by atoms with Crippen LogP contribution in [0.4, 0.5) is 0 Å². The summed E-state index contributed by atoms with van der Waals surface area (Å²) in [5.41, 5.74) is 0.717. The lowest BCUT2D eigenvalue weighted by Gasteiger charge is -2.37. The molecule has 1 aromatic carbocycles. The summed E-state index contributed by atoms with van der Waals surface area (Å²) in [5.74, 6) is 0.167. The molecule has 2 aliphatic rings. The van der Waals surface area contributed by atoms with Gasteiger partial charge in [-0.2, -0.15) is 0 Å². The van der Waals surface area contributed by atoms with Gasteiger partial charge in [0.05, 0.1) is 18.1 Å². The minimum atomic E-state index is -0.384. The van der Waals surface area contributed by atoms with Crippen LogP contribution in [0.2, 0.25) is 5.02 Å².